The van der Waals surface area contributed by atoms with Crippen molar-refractivity contribution in [1.82, 2.24) is 25.2 Å². The van der Waals surface area contributed by atoms with Crippen LogP contribution in [0.15, 0.2) is 12.3 Å². The number of carbonyl (C=O) groups excluding carboxylic acids is 1. The number of aromatic nitrogens is 5. The molecular weight excluding hydrogens is 218 g/mol. The molecule has 0 aromatic carbocycles. The molecule has 2 aromatic rings. The summed E-state index contributed by atoms with van der Waals surface area (Å²) in [4.78, 5) is 11.7. The Morgan fingerprint density at radius 2 is 2.35 bits per heavy atom. The van der Waals surface area contributed by atoms with Gasteiger partial charge >= 0.3 is 0 Å². The zero-order valence-corrected chi connectivity index (χ0v) is 9.55. The highest BCUT2D eigenvalue weighted by molar-refractivity contribution is 5.98. The predicted octanol–water partition coefficient (Wildman–Crippen LogP) is 1.13. The van der Waals surface area contributed by atoms with Gasteiger partial charge in [0, 0.05) is 23.9 Å². The zero-order valence-electron chi connectivity index (χ0n) is 9.55. The number of nitrogens with zero attached hydrogens (tertiary/aromatic N) is 4. The first-order valence-electron chi connectivity index (χ1n) is 5.73. The number of rotatable bonds is 2. The van der Waals surface area contributed by atoms with E-state index in [-0.39, 0.29) is 11.8 Å². The molecule has 88 valence electrons. The lowest BCUT2D eigenvalue weighted by Gasteiger charge is -2.18. The van der Waals surface area contributed by atoms with E-state index in [0.29, 0.717) is 12.2 Å². The molecular formula is C11H13N5O. The highest BCUT2D eigenvalue weighted by atomic mass is 16.1. The summed E-state index contributed by atoms with van der Waals surface area (Å²) >= 11 is 0. The van der Waals surface area contributed by atoms with Crippen molar-refractivity contribution in [3.05, 3.63) is 29.3 Å². The summed E-state index contributed by atoms with van der Waals surface area (Å²) in [5.41, 5.74) is 1.95. The smallest absolute Gasteiger partial charge is 0.196 e. The summed E-state index contributed by atoms with van der Waals surface area (Å²) < 4.78 is 2.07. The fourth-order valence-corrected chi connectivity index (χ4v) is 2.38. The minimum Gasteiger partial charge on any atom is -0.340 e. The van der Waals surface area contributed by atoms with Gasteiger partial charge in [0.15, 0.2) is 11.6 Å². The normalized spacial score (nSPS) is 16.9. The molecule has 17 heavy (non-hydrogen) atoms. The average Bonchev–Trinajstić information content (AvgIpc) is 2.98. The molecule has 0 spiro atoms. The van der Waals surface area contributed by atoms with E-state index in [9.17, 15) is 4.79 Å². The molecule has 0 saturated heterocycles. The fourth-order valence-electron chi connectivity index (χ4n) is 2.38. The zero-order chi connectivity index (χ0) is 11.8. The standard InChI is InChI=1S/C11H13N5O/c1-7(11-12-14-15-13-11)16-6-5-8-9(16)3-2-4-10(8)17/h5-7H,2-4H2,1H3,(H,12,13,14,15). The Balaban J connectivity index is 2.02. The topological polar surface area (TPSA) is 76.5 Å². The van der Waals surface area contributed by atoms with Crippen molar-refractivity contribution >= 4 is 5.78 Å². The molecule has 3 rings (SSSR count). The quantitative estimate of drug-likeness (QED) is 0.840. The molecule has 6 heteroatoms. The number of fused-ring (bicyclic) bond motifs is 1. The second-order valence-electron chi connectivity index (χ2n) is 4.31. The van der Waals surface area contributed by atoms with E-state index in [1.165, 1.54) is 0 Å². The average molecular weight is 231 g/mol. The van der Waals surface area contributed by atoms with Gasteiger partial charge in [-0.05, 0) is 25.8 Å². The minimum atomic E-state index is 0.00315. The molecule has 2 heterocycles. The van der Waals surface area contributed by atoms with E-state index < -0.39 is 0 Å². The first kappa shape index (κ1) is 10.2. The van der Waals surface area contributed by atoms with Crippen molar-refractivity contribution < 1.29 is 4.79 Å². The van der Waals surface area contributed by atoms with Gasteiger partial charge in [0.2, 0.25) is 0 Å². The summed E-state index contributed by atoms with van der Waals surface area (Å²) in [6.07, 6.45) is 4.47. The molecule has 0 amide bonds. The lowest BCUT2D eigenvalue weighted by atomic mass is 9.96. The number of hydrogen-bond acceptors (Lipinski definition) is 4. The third kappa shape index (κ3) is 1.56. The Morgan fingerprint density at radius 3 is 3.12 bits per heavy atom. The predicted molar refractivity (Wildman–Crippen MR) is 59.7 cm³/mol. The van der Waals surface area contributed by atoms with Crippen molar-refractivity contribution in [1.29, 1.82) is 0 Å². The van der Waals surface area contributed by atoms with Crippen LogP contribution in [0.1, 0.15) is 47.7 Å². The second kappa shape index (κ2) is 3.80. The molecule has 0 bridgehead atoms. The Hall–Kier alpha value is -1.98. The van der Waals surface area contributed by atoms with Crippen molar-refractivity contribution in [2.24, 2.45) is 0 Å². The van der Waals surface area contributed by atoms with E-state index in [0.717, 1.165) is 24.1 Å². The molecule has 2 aromatic heterocycles. The van der Waals surface area contributed by atoms with Crippen LogP contribution in [0.25, 0.3) is 0 Å². The van der Waals surface area contributed by atoms with Crippen LogP contribution < -0.4 is 0 Å². The number of tetrazole rings is 1. The van der Waals surface area contributed by atoms with Gasteiger partial charge in [-0.3, -0.25) is 4.79 Å². The van der Waals surface area contributed by atoms with Crippen LogP contribution in [0, 0.1) is 0 Å². The largest absolute Gasteiger partial charge is 0.340 e. The van der Waals surface area contributed by atoms with Crippen LogP contribution >= 0.6 is 0 Å². The molecule has 0 fully saturated rings. The molecule has 0 radical (unpaired) electrons. The van der Waals surface area contributed by atoms with Crippen LogP contribution in [0.2, 0.25) is 0 Å². The molecule has 0 saturated carbocycles. The lowest BCUT2D eigenvalue weighted by Crippen LogP contribution is -2.16. The van der Waals surface area contributed by atoms with Crippen LogP contribution in [-0.4, -0.2) is 31.0 Å². The highest BCUT2D eigenvalue weighted by Gasteiger charge is 2.24. The molecule has 6 nitrogen and oxygen atoms in total. The fraction of sp³-hybridized carbons (Fsp3) is 0.455. The van der Waals surface area contributed by atoms with Gasteiger partial charge < -0.3 is 4.57 Å². The molecule has 1 atom stereocenters. The van der Waals surface area contributed by atoms with E-state index >= 15 is 0 Å². The second-order valence-corrected chi connectivity index (χ2v) is 4.31. The third-order valence-electron chi connectivity index (χ3n) is 3.29. The lowest BCUT2D eigenvalue weighted by molar-refractivity contribution is 0.0971. The Kier molecular flexibility index (Phi) is 2.28. The maximum Gasteiger partial charge on any atom is 0.196 e. The van der Waals surface area contributed by atoms with Crippen LogP contribution in [0.4, 0.5) is 0 Å². The van der Waals surface area contributed by atoms with Crippen LogP contribution in [0.5, 0.6) is 0 Å². The maximum absolute atomic E-state index is 11.7. The van der Waals surface area contributed by atoms with Gasteiger partial charge in [0.1, 0.15) is 0 Å². The van der Waals surface area contributed by atoms with E-state index in [1.807, 2.05) is 19.2 Å². The number of H-pyrrole nitrogens is 1. The van der Waals surface area contributed by atoms with Crippen molar-refractivity contribution in [3.63, 3.8) is 0 Å². The number of aromatic amines is 1. The number of nitrogens with one attached hydrogen (secondary N) is 1. The van der Waals surface area contributed by atoms with Crippen molar-refractivity contribution in [2.45, 2.75) is 32.2 Å². The number of carbonyl (C=O) groups is 1. The summed E-state index contributed by atoms with van der Waals surface area (Å²) in [5, 5.41) is 14.0. The van der Waals surface area contributed by atoms with E-state index in [2.05, 4.69) is 25.2 Å². The van der Waals surface area contributed by atoms with Gasteiger partial charge in [0.05, 0.1) is 6.04 Å². The highest BCUT2D eigenvalue weighted by Crippen LogP contribution is 2.26. The molecule has 1 N–H and O–H groups in total. The summed E-state index contributed by atoms with van der Waals surface area (Å²) in [5.74, 6) is 0.881. The van der Waals surface area contributed by atoms with Crippen LogP contribution in [0.3, 0.4) is 0 Å². The van der Waals surface area contributed by atoms with Crippen molar-refractivity contribution in [2.75, 3.05) is 0 Å². The van der Waals surface area contributed by atoms with Crippen LogP contribution in [-0.2, 0) is 6.42 Å². The molecule has 1 aliphatic carbocycles. The van der Waals surface area contributed by atoms with Gasteiger partial charge in [-0.15, -0.1) is 10.2 Å². The molecule has 0 aliphatic heterocycles. The van der Waals surface area contributed by atoms with Crippen molar-refractivity contribution in [3.8, 4) is 0 Å². The van der Waals surface area contributed by atoms with E-state index in [4.69, 9.17) is 0 Å². The maximum atomic E-state index is 11.7. The Labute approximate surface area is 98.0 Å². The first-order chi connectivity index (χ1) is 8.27. The Morgan fingerprint density at radius 1 is 1.47 bits per heavy atom. The number of ketones is 1. The third-order valence-corrected chi connectivity index (χ3v) is 3.29. The van der Waals surface area contributed by atoms with Gasteiger partial charge in [0.25, 0.3) is 0 Å². The Bertz CT molecular complexity index is 542. The molecule has 1 aliphatic rings. The summed E-state index contributed by atoms with van der Waals surface area (Å²) in [7, 11) is 0. The number of hydrogen-bond donors (Lipinski definition) is 1. The number of Topliss-reactive ketones (excluding diaryl/α,β-unsaturated/α-hetero) is 1. The summed E-state index contributed by atoms with van der Waals surface area (Å²) in [6, 6.07) is 1.90. The van der Waals surface area contributed by atoms with Gasteiger partial charge in [-0.2, -0.15) is 5.21 Å². The summed E-state index contributed by atoms with van der Waals surface area (Å²) in [6.45, 7) is 2.00. The molecule has 1 unspecified atom stereocenters. The SMILES string of the molecule is CC(c1nn[nH]n1)n1ccc2c1CCCC2=O. The minimum absolute atomic E-state index is 0.00315. The monoisotopic (exact) mass is 231 g/mol. The van der Waals surface area contributed by atoms with E-state index in [1.54, 1.807) is 0 Å². The van der Waals surface area contributed by atoms with Gasteiger partial charge in [-0.25, -0.2) is 0 Å². The first-order valence-corrected chi connectivity index (χ1v) is 5.73. The van der Waals surface area contributed by atoms with Gasteiger partial charge in [-0.1, -0.05) is 5.21 Å².